The van der Waals surface area contributed by atoms with Crippen LogP contribution in [0.15, 0.2) is 48.8 Å². The van der Waals surface area contributed by atoms with Crippen molar-refractivity contribution in [2.75, 3.05) is 26.0 Å². The maximum atomic E-state index is 11.6. The zero-order chi connectivity index (χ0) is 13.7. The number of pyridine rings is 1. The lowest BCUT2D eigenvalue weighted by molar-refractivity contribution is -0.116. The molecular weight excluding hydrogens is 238 g/mol. The quantitative estimate of drug-likeness (QED) is 0.911. The van der Waals surface area contributed by atoms with E-state index in [2.05, 4.69) is 10.3 Å². The van der Waals surface area contributed by atoms with E-state index < -0.39 is 0 Å². The maximum Gasteiger partial charge on any atom is 0.238 e. The molecule has 2 aromatic rings. The molecule has 0 spiro atoms. The van der Waals surface area contributed by atoms with E-state index in [0.717, 1.165) is 16.8 Å². The number of rotatable bonds is 4. The molecule has 2 rings (SSSR count). The number of likely N-dealkylation sites (N-methyl/N-ethyl adjacent to an activating group) is 1. The lowest BCUT2D eigenvalue weighted by Crippen LogP contribution is -2.26. The first-order chi connectivity index (χ1) is 9.15. The van der Waals surface area contributed by atoms with E-state index in [9.17, 15) is 4.79 Å². The van der Waals surface area contributed by atoms with E-state index >= 15 is 0 Å². The average Bonchev–Trinajstić information content (AvgIpc) is 2.39. The minimum Gasteiger partial charge on any atom is -0.325 e. The standard InChI is InChI=1S/C15H17N3O/c1-18(2)11-15(19)17-14-5-3-12(4-6-14)13-7-9-16-10-8-13/h3-10H,11H2,1-2H3,(H,17,19). The van der Waals surface area contributed by atoms with Gasteiger partial charge in [-0.1, -0.05) is 12.1 Å². The first-order valence-electron chi connectivity index (χ1n) is 6.10. The summed E-state index contributed by atoms with van der Waals surface area (Å²) in [5.41, 5.74) is 3.03. The Hall–Kier alpha value is -2.20. The summed E-state index contributed by atoms with van der Waals surface area (Å²) in [5, 5.41) is 2.86. The Labute approximate surface area is 113 Å². The number of anilines is 1. The summed E-state index contributed by atoms with van der Waals surface area (Å²) < 4.78 is 0. The van der Waals surface area contributed by atoms with Gasteiger partial charge in [0.1, 0.15) is 0 Å². The Balaban J connectivity index is 2.05. The predicted octanol–water partition coefficient (Wildman–Crippen LogP) is 2.25. The van der Waals surface area contributed by atoms with E-state index in [1.165, 1.54) is 0 Å². The van der Waals surface area contributed by atoms with Gasteiger partial charge in [0.2, 0.25) is 5.91 Å². The molecule has 0 saturated heterocycles. The van der Waals surface area contributed by atoms with Gasteiger partial charge in [-0.15, -0.1) is 0 Å². The van der Waals surface area contributed by atoms with Crippen molar-refractivity contribution < 1.29 is 4.79 Å². The van der Waals surface area contributed by atoms with Crippen LogP contribution >= 0.6 is 0 Å². The van der Waals surface area contributed by atoms with E-state index in [1.54, 1.807) is 12.4 Å². The van der Waals surface area contributed by atoms with Gasteiger partial charge in [0, 0.05) is 18.1 Å². The number of carbonyl (C=O) groups is 1. The number of hydrogen-bond acceptors (Lipinski definition) is 3. The fraction of sp³-hybridized carbons (Fsp3) is 0.200. The molecular formula is C15H17N3O. The van der Waals surface area contributed by atoms with Crippen LogP contribution < -0.4 is 5.32 Å². The highest BCUT2D eigenvalue weighted by Crippen LogP contribution is 2.20. The van der Waals surface area contributed by atoms with Gasteiger partial charge in [-0.25, -0.2) is 0 Å². The Bertz CT molecular complexity index is 535. The van der Waals surface area contributed by atoms with Crippen molar-refractivity contribution >= 4 is 11.6 Å². The number of amides is 1. The van der Waals surface area contributed by atoms with Crippen LogP contribution in [0, 0.1) is 0 Å². The average molecular weight is 255 g/mol. The second-order valence-corrected chi connectivity index (χ2v) is 4.60. The highest BCUT2D eigenvalue weighted by molar-refractivity contribution is 5.92. The molecule has 1 aromatic carbocycles. The number of aromatic nitrogens is 1. The van der Waals surface area contributed by atoms with Crippen molar-refractivity contribution in [2.45, 2.75) is 0 Å². The van der Waals surface area contributed by atoms with Gasteiger partial charge < -0.3 is 10.2 Å². The summed E-state index contributed by atoms with van der Waals surface area (Å²) in [7, 11) is 3.73. The third-order valence-electron chi connectivity index (χ3n) is 2.64. The first kappa shape index (κ1) is 13.2. The van der Waals surface area contributed by atoms with Gasteiger partial charge in [0.05, 0.1) is 6.54 Å². The minimum absolute atomic E-state index is 0.0124. The molecule has 0 fully saturated rings. The SMILES string of the molecule is CN(C)CC(=O)Nc1ccc(-c2ccncc2)cc1. The summed E-state index contributed by atoms with van der Waals surface area (Å²) in [6.07, 6.45) is 3.53. The van der Waals surface area contributed by atoms with Crippen LogP contribution in [0.25, 0.3) is 11.1 Å². The van der Waals surface area contributed by atoms with Crippen LogP contribution in [0.1, 0.15) is 0 Å². The summed E-state index contributed by atoms with van der Waals surface area (Å²) >= 11 is 0. The molecule has 4 heteroatoms. The summed E-state index contributed by atoms with van der Waals surface area (Å²) in [6.45, 7) is 0.381. The van der Waals surface area contributed by atoms with Crippen LogP contribution in [-0.2, 0) is 4.79 Å². The largest absolute Gasteiger partial charge is 0.325 e. The van der Waals surface area contributed by atoms with Gasteiger partial charge in [-0.2, -0.15) is 0 Å². The van der Waals surface area contributed by atoms with Crippen LogP contribution in [0.3, 0.4) is 0 Å². The fourth-order valence-corrected chi connectivity index (χ4v) is 1.78. The van der Waals surface area contributed by atoms with Crippen LogP contribution in [0.2, 0.25) is 0 Å². The molecule has 1 N–H and O–H groups in total. The number of nitrogens with zero attached hydrogens (tertiary/aromatic N) is 2. The number of benzene rings is 1. The van der Waals surface area contributed by atoms with Crippen molar-refractivity contribution in [1.82, 2.24) is 9.88 Å². The van der Waals surface area contributed by atoms with Crippen molar-refractivity contribution in [2.24, 2.45) is 0 Å². The monoisotopic (exact) mass is 255 g/mol. The Kier molecular flexibility index (Phi) is 4.26. The minimum atomic E-state index is -0.0124. The van der Waals surface area contributed by atoms with Gasteiger partial charge in [0.25, 0.3) is 0 Å². The highest BCUT2D eigenvalue weighted by atomic mass is 16.2. The molecule has 0 atom stereocenters. The lowest BCUT2D eigenvalue weighted by Gasteiger charge is -2.10. The van der Waals surface area contributed by atoms with Gasteiger partial charge >= 0.3 is 0 Å². The van der Waals surface area contributed by atoms with Crippen molar-refractivity contribution in [3.63, 3.8) is 0 Å². The smallest absolute Gasteiger partial charge is 0.238 e. The molecule has 1 amide bonds. The van der Waals surface area contributed by atoms with E-state index in [0.29, 0.717) is 6.54 Å². The van der Waals surface area contributed by atoms with E-state index in [-0.39, 0.29) is 5.91 Å². The lowest BCUT2D eigenvalue weighted by atomic mass is 10.1. The zero-order valence-electron chi connectivity index (χ0n) is 11.1. The molecule has 0 unspecified atom stereocenters. The molecule has 1 heterocycles. The molecule has 1 aromatic heterocycles. The molecule has 0 saturated carbocycles. The van der Waals surface area contributed by atoms with E-state index in [1.807, 2.05) is 55.4 Å². The maximum absolute atomic E-state index is 11.6. The summed E-state index contributed by atoms with van der Waals surface area (Å²) in [5.74, 6) is -0.0124. The molecule has 4 nitrogen and oxygen atoms in total. The molecule has 98 valence electrons. The number of nitrogens with one attached hydrogen (secondary N) is 1. The normalized spacial score (nSPS) is 10.5. The van der Waals surface area contributed by atoms with Crippen LogP contribution in [0.4, 0.5) is 5.69 Å². The topological polar surface area (TPSA) is 45.2 Å². The van der Waals surface area contributed by atoms with Crippen molar-refractivity contribution in [3.05, 3.63) is 48.8 Å². The van der Waals surface area contributed by atoms with Crippen LogP contribution in [-0.4, -0.2) is 36.4 Å². The number of hydrogen-bond donors (Lipinski definition) is 1. The van der Waals surface area contributed by atoms with Crippen molar-refractivity contribution in [3.8, 4) is 11.1 Å². The van der Waals surface area contributed by atoms with Gasteiger partial charge in [0.15, 0.2) is 0 Å². The second-order valence-electron chi connectivity index (χ2n) is 4.60. The zero-order valence-corrected chi connectivity index (χ0v) is 11.1. The van der Waals surface area contributed by atoms with E-state index in [4.69, 9.17) is 0 Å². The molecule has 19 heavy (non-hydrogen) atoms. The number of carbonyl (C=O) groups excluding carboxylic acids is 1. The third-order valence-corrected chi connectivity index (χ3v) is 2.64. The van der Waals surface area contributed by atoms with Crippen LogP contribution in [0.5, 0.6) is 0 Å². The Morgan fingerprint density at radius 2 is 1.63 bits per heavy atom. The predicted molar refractivity (Wildman–Crippen MR) is 76.9 cm³/mol. The van der Waals surface area contributed by atoms with Crippen molar-refractivity contribution in [1.29, 1.82) is 0 Å². The third kappa shape index (κ3) is 3.89. The van der Waals surface area contributed by atoms with Gasteiger partial charge in [-0.05, 0) is 49.5 Å². The molecule has 0 aliphatic carbocycles. The first-order valence-corrected chi connectivity index (χ1v) is 6.10. The Morgan fingerprint density at radius 1 is 1.05 bits per heavy atom. The summed E-state index contributed by atoms with van der Waals surface area (Å²) in [4.78, 5) is 17.4. The highest BCUT2D eigenvalue weighted by Gasteiger charge is 2.03. The fourth-order valence-electron chi connectivity index (χ4n) is 1.78. The molecule has 0 aliphatic rings. The molecule has 0 bridgehead atoms. The van der Waals surface area contributed by atoms with Gasteiger partial charge in [-0.3, -0.25) is 9.78 Å². The summed E-state index contributed by atoms with van der Waals surface area (Å²) in [6, 6.07) is 11.7. The molecule has 0 radical (unpaired) electrons. The second kappa shape index (κ2) is 6.11. The molecule has 0 aliphatic heterocycles. The Morgan fingerprint density at radius 3 is 2.21 bits per heavy atom.